The number of para-hydroxylation sites is 1. The molecule has 1 aliphatic heterocycles. The van der Waals surface area contributed by atoms with Gasteiger partial charge in [0, 0.05) is 29.4 Å². The van der Waals surface area contributed by atoms with E-state index < -0.39 is 5.79 Å². The van der Waals surface area contributed by atoms with Gasteiger partial charge in [-0.25, -0.2) is 4.98 Å². The van der Waals surface area contributed by atoms with Gasteiger partial charge in [-0.3, -0.25) is 0 Å². The van der Waals surface area contributed by atoms with Crippen molar-refractivity contribution in [3.05, 3.63) is 83.4 Å². The first-order chi connectivity index (χ1) is 15.2. The average Bonchev–Trinajstić information content (AvgIpc) is 3.44. The Balaban J connectivity index is 1.36. The fraction of sp³-hybridized carbons (Fsp3) is 0.375. The largest absolute Gasteiger partial charge is 0.496 e. The van der Waals surface area contributed by atoms with Crippen molar-refractivity contribution < 1.29 is 18.9 Å². The van der Waals surface area contributed by atoms with Crippen LogP contribution in [0.2, 0.25) is 5.02 Å². The minimum atomic E-state index is -0.723. The molecule has 164 valence electrons. The Morgan fingerprint density at radius 2 is 2.03 bits per heavy atom. The normalized spacial score (nSPS) is 20.8. The Bertz CT molecular complexity index is 948. The summed E-state index contributed by atoms with van der Waals surface area (Å²) >= 11 is 6.01. The molecular weight excluding hydrogens is 416 g/mol. The molecule has 0 spiro atoms. The van der Waals surface area contributed by atoms with Gasteiger partial charge in [0.05, 0.1) is 39.8 Å². The zero-order valence-corrected chi connectivity index (χ0v) is 18.3. The Kier molecular flexibility index (Phi) is 7.25. The zero-order valence-electron chi connectivity index (χ0n) is 17.6. The molecule has 1 aliphatic rings. The van der Waals surface area contributed by atoms with Crippen molar-refractivity contribution in [3.63, 3.8) is 0 Å². The highest BCUT2D eigenvalue weighted by Gasteiger charge is 2.41. The summed E-state index contributed by atoms with van der Waals surface area (Å²) in [4.78, 5) is 4.14. The van der Waals surface area contributed by atoms with Gasteiger partial charge in [0.15, 0.2) is 5.79 Å². The maximum atomic E-state index is 6.41. The summed E-state index contributed by atoms with van der Waals surface area (Å²) < 4.78 is 25.9. The summed E-state index contributed by atoms with van der Waals surface area (Å²) in [6.45, 7) is 1.97. The van der Waals surface area contributed by atoms with Crippen LogP contribution in [0.3, 0.4) is 0 Å². The number of nitrogens with zero attached hydrogens (tertiary/aromatic N) is 2. The molecule has 1 saturated heterocycles. The van der Waals surface area contributed by atoms with Crippen LogP contribution in [0.4, 0.5) is 0 Å². The average molecular weight is 443 g/mol. The van der Waals surface area contributed by atoms with E-state index in [1.54, 1.807) is 19.6 Å². The number of rotatable bonds is 10. The fourth-order valence-corrected chi connectivity index (χ4v) is 3.88. The molecule has 0 bridgehead atoms. The summed E-state index contributed by atoms with van der Waals surface area (Å²) in [5, 5.41) is 0.734. The third-order valence-electron chi connectivity index (χ3n) is 5.36. The first kappa shape index (κ1) is 21.8. The van der Waals surface area contributed by atoms with Gasteiger partial charge >= 0.3 is 0 Å². The van der Waals surface area contributed by atoms with Crippen molar-refractivity contribution in [3.8, 4) is 5.75 Å². The molecule has 1 aromatic heterocycles. The minimum Gasteiger partial charge on any atom is -0.496 e. The predicted octanol–water partition coefficient (Wildman–Crippen LogP) is 4.51. The second kappa shape index (κ2) is 10.3. The van der Waals surface area contributed by atoms with Crippen LogP contribution in [0, 0.1) is 0 Å². The van der Waals surface area contributed by atoms with Crippen molar-refractivity contribution in [1.29, 1.82) is 0 Å². The Labute approximate surface area is 187 Å². The van der Waals surface area contributed by atoms with Crippen LogP contribution in [-0.2, 0) is 33.8 Å². The summed E-state index contributed by atoms with van der Waals surface area (Å²) in [6, 6.07) is 15.7. The maximum Gasteiger partial charge on any atom is 0.187 e. The number of imidazole rings is 1. The monoisotopic (exact) mass is 442 g/mol. The van der Waals surface area contributed by atoms with Crippen molar-refractivity contribution in [2.45, 2.75) is 37.9 Å². The Hall–Kier alpha value is -2.38. The van der Waals surface area contributed by atoms with E-state index in [-0.39, 0.29) is 6.10 Å². The lowest BCUT2D eigenvalue weighted by atomic mass is 10.0. The summed E-state index contributed by atoms with van der Waals surface area (Å²) in [5.41, 5.74) is 2.20. The van der Waals surface area contributed by atoms with Crippen LogP contribution in [0.25, 0.3) is 0 Å². The van der Waals surface area contributed by atoms with Gasteiger partial charge in [0.2, 0.25) is 0 Å². The van der Waals surface area contributed by atoms with Gasteiger partial charge < -0.3 is 23.5 Å². The molecular formula is C24H27ClN2O4. The predicted molar refractivity (Wildman–Crippen MR) is 118 cm³/mol. The molecule has 2 unspecified atom stereocenters. The molecule has 31 heavy (non-hydrogen) atoms. The molecule has 3 aromatic rings. The highest BCUT2D eigenvalue weighted by atomic mass is 35.5. The van der Waals surface area contributed by atoms with E-state index in [0.717, 1.165) is 29.2 Å². The molecule has 0 N–H and O–H groups in total. The molecule has 7 heteroatoms. The van der Waals surface area contributed by atoms with E-state index >= 15 is 0 Å². The van der Waals surface area contributed by atoms with Crippen molar-refractivity contribution in [2.24, 2.45) is 0 Å². The topological polar surface area (TPSA) is 54.7 Å². The van der Waals surface area contributed by atoms with Gasteiger partial charge in [-0.15, -0.1) is 0 Å². The molecule has 2 aromatic carbocycles. The molecule has 0 saturated carbocycles. The number of aromatic nitrogens is 2. The first-order valence-corrected chi connectivity index (χ1v) is 10.8. The van der Waals surface area contributed by atoms with E-state index in [4.69, 9.17) is 30.5 Å². The van der Waals surface area contributed by atoms with E-state index in [1.165, 1.54) is 5.56 Å². The van der Waals surface area contributed by atoms with Gasteiger partial charge in [-0.1, -0.05) is 41.9 Å². The SMILES string of the molecule is COc1ccccc1COCC1COC(CCc2ccc(Cl)cc2)(Cn2ccnc2)O1. The van der Waals surface area contributed by atoms with Crippen LogP contribution in [0.5, 0.6) is 5.75 Å². The standard InChI is InChI=1S/C24H27ClN2O4/c1-28-23-5-3-2-4-20(23)14-29-15-22-16-30-24(31-22,17-27-13-12-26-18-27)11-10-19-6-8-21(25)9-7-19/h2-9,12-13,18,22H,10-11,14-17H2,1H3. The van der Waals surface area contributed by atoms with Crippen LogP contribution in [0.15, 0.2) is 67.3 Å². The number of hydrogen-bond donors (Lipinski definition) is 0. The van der Waals surface area contributed by atoms with E-state index in [2.05, 4.69) is 4.98 Å². The molecule has 0 amide bonds. The first-order valence-electron chi connectivity index (χ1n) is 10.4. The molecule has 0 radical (unpaired) electrons. The maximum absolute atomic E-state index is 6.41. The molecule has 4 rings (SSSR count). The molecule has 0 aliphatic carbocycles. The summed E-state index contributed by atoms with van der Waals surface area (Å²) in [7, 11) is 1.66. The number of methoxy groups -OCH3 is 1. The smallest absolute Gasteiger partial charge is 0.187 e. The van der Waals surface area contributed by atoms with Gasteiger partial charge in [0.25, 0.3) is 0 Å². The molecule has 2 heterocycles. The van der Waals surface area contributed by atoms with Crippen molar-refractivity contribution >= 4 is 11.6 Å². The van der Waals surface area contributed by atoms with Gasteiger partial charge in [-0.2, -0.15) is 0 Å². The quantitative estimate of drug-likeness (QED) is 0.462. The third-order valence-corrected chi connectivity index (χ3v) is 5.61. The van der Waals surface area contributed by atoms with Crippen LogP contribution < -0.4 is 4.74 Å². The number of aryl methyl sites for hydroxylation is 1. The third kappa shape index (κ3) is 5.86. The van der Waals surface area contributed by atoms with Crippen molar-refractivity contribution in [2.75, 3.05) is 20.3 Å². The molecule has 1 fully saturated rings. The van der Waals surface area contributed by atoms with E-state index in [1.807, 2.05) is 59.3 Å². The zero-order chi connectivity index (χ0) is 21.5. The lowest BCUT2D eigenvalue weighted by molar-refractivity contribution is -0.187. The van der Waals surface area contributed by atoms with Crippen molar-refractivity contribution in [1.82, 2.24) is 9.55 Å². The minimum absolute atomic E-state index is 0.136. The number of benzene rings is 2. The molecule has 2 atom stereocenters. The number of ether oxygens (including phenoxy) is 4. The van der Waals surface area contributed by atoms with Crippen LogP contribution >= 0.6 is 11.6 Å². The second-order valence-electron chi connectivity index (χ2n) is 7.65. The lowest BCUT2D eigenvalue weighted by Gasteiger charge is -2.28. The summed E-state index contributed by atoms with van der Waals surface area (Å²) in [5.74, 6) is 0.0993. The van der Waals surface area contributed by atoms with Crippen LogP contribution in [-0.4, -0.2) is 41.8 Å². The Morgan fingerprint density at radius 1 is 1.19 bits per heavy atom. The van der Waals surface area contributed by atoms with E-state index in [0.29, 0.717) is 26.4 Å². The summed E-state index contributed by atoms with van der Waals surface area (Å²) in [6.07, 6.45) is 6.86. The number of hydrogen-bond acceptors (Lipinski definition) is 5. The number of halogens is 1. The van der Waals surface area contributed by atoms with Gasteiger partial charge in [0.1, 0.15) is 11.9 Å². The second-order valence-corrected chi connectivity index (χ2v) is 8.09. The molecule has 6 nitrogen and oxygen atoms in total. The van der Waals surface area contributed by atoms with E-state index in [9.17, 15) is 0 Å². The lowest BCUT2D eigenvalue weighted by Crippen LogP contribution is -2.37. The Morgan fingerprint density at radius 3 is 2.81 bits per heavy atom. The highest BCUT2D eigenvalue weighted by molar-refractivity contribution is 6.30. The van der Waals surface area contributed by atoms with Gasteiger partial charge in [-0.05, 0) is 30.2 Å². The highest BCUT2D eigenvalue weighted by Crippen LogP contribution is 2.31. The van der Waals surface area contributed by atoms with Crippen LogP contribution in [0.1, 0.15) is 17.5 Å². The fourth-order valence-electron chi connectivity index (χ4n) is 3.76.